The molecular formula is C23H31N3O. The molecule has 0 saturated heterocycles. The minimum Gasteiger partial charge on any atom is -0.497 e. The Bertz CT molecular complexity index is 741. The van der Waals surface area contributed by atoms with Gasteiger partial charge in [0.25, 0.3) is 0 Å². The van der Waals surface area contributed by atoms with Crippen LogP contribution in [-0.2, 0) is 6.54 Å². The Morgan fingerprint density at radius 2 is 1.70 bits per heavy atom. The standard InChI is InChI=1S/C23H31N3O/c1-15(2)23-25-13-16(14-26-23)12-24-22-20-7-5-4-6-19(20)21(22)17-8-10-18(27-3)11-9-17/h8-11,13-15,19-22,24H,4-7,12H2,1-3H3/t19-,20+,21-,22-/m0/s1. The largest absolute Gasteiger partial charge is 0.497 e. The van der Waals surface area contributed by atoms with E-state index in [9.17, 15) is 0 Å². The summed E-state index contributed by atoms with van der Waals surface area (Å²) in [6, 6.07) is 9.25. The number of ether oxygens (including phenoxy) is 1. The summed E-state index contributed by atoms with van der Waals surface area (Å²) in [7, 11) is 1.73. The van der Waals surface area contributed by atoms with Gasteiger partial charge in [0.05, 0.1) is 7.11 Å². The molecule has 144 valence electrons. The second kappa shape index (κ2) is 7.97. The van der Waals surface area contributed by atoms with Crippen LogP contribution in [0.4, 0.5) is 0 Å². The molecule has 0 aliphatic heterocycles. The van der Waals surface area contributed by atoms with Crippen molar-refractivity contribution in [1.29, 1.82) is 0 Å². The lowest BCUT2D eigenvalue weighted by molar-refractivity contribution is 0.0253. The average molecular weight is 366 g/mol. The van der Waals surface area contributed by atoms with Crippen LogP contribution in [0.2, 0.25) is 0 Å². The van der Waals surface area contributed by atoms with E-state index in [2.05, 4.69) is 53.4 Å². The van der Waals surface area contributed by atoms with Gasteiger partial charge in [-0.2, -0.15) is 0 Å². The fraction of sp³-hybridized carbons (Fsp3) is 0.565. The van der Waals surface area contributed by atoms with Crippen LogP contribution in [0.1, 0.15) is 68.3 Å². The summed E-state index contributed by atoms with van der Waals surface area (Å²) in [5, 5.41) is 3.85. The van der Waals surface area contributed by atoms with Gasteiger partial charge in [0, 0.05) is 42.4 Å². The second-order valence-electron chi connectivity index (χ2n) is 8.42. The monoisotopic (exact) mass is 365 g/mol. The molecular weight excluding hydrogens is 334 g/mol. The van der Waals surface area contributed by atoms with Crippen LogP contribution >= 0.6 is 0 Å². The van der Waals surface area contributed by atoms with E-state index in [1.807, 2.05) is 12.4 Å². The zero-order valence-electron chi connectivity index (χ0n) is 16.7. The first kappa shape index (κ1) is 18.4. The number of methoxy groups -OCH3 is 1. The van der Waals surface area contributed by atoms with Crippen molar-refractivity contribution in [2.24, 2.45) is 11.8 Å². The Morgan fingerprint density at radius 1 is 1.04 bits per heavy atom. The van der Waals surface area contributed by atoms with E-state index >= 15 is 0 Å². The van der Waals surface area contributed by atoms with Crippen molar-refractivity contribution in [2.75, 3.05) is 7.11 Å². The van der Waals surface area contributed by atoms with E-state index in [4.69, 9.17) is 4.74 Å². The summed E-state index contributed by atoms with van der Waals surface area (Å²) in [6.45, 7) is 5.10. The number of rotatable bonds is 6. The molecule has 2 saturated carbocycles. The zero-order chi connectivity index (χ0) is 18.8. The van der Waals surface area contributed by atoms with Gasteiger partial charge >= 0.3 is 0 Å². The fourth-order valence-electron chi connectivity index (χ4n) is 5.02. The Balaban J connectivity index is 1.46. The molecule has 2 aromatic rings. The van der Waals surface area contributed by atoms with Crippen molar-refractivity contribution < 1.29 is 4.74 Å². The van der Waals surface area contributed by atoms with Crippen molar-refractivity contribution in [3.05, 3.63) is 53.6 Å². The van der Waals surface area contributed by atoms with E-state index in [0.29, 0.717) is 17.9 Å². The summed E-state index contributed by atoms with van der Waals surface area (Å²) in [4.78, 5) is 9.03. The maximum Gasteiger partial charge on any atom is 0.130 e. The van der Waals surface area contributed by atoms with Crippen LogP contribution in [0.15, 0.2) is 36.7 Å². The van der Waals surface area contributed by atoms with Gasteiger partial charge in [0.1, 0.15) is 11.6 Å². The number of nitrogens with one attached hydrogen (secondary N) is 1. The molecule has 27 heavy (non-hydrogen) atoms. The predicted molar refractivity (Wildman–Crippen MR) is 108 cm³/mol. The molecule has 0 radical (unpaired) electrons. The zero-order valence-corrected chi connectivity index (χ0v) is 16.7. The minimum atomic E-state index is 0.376. The highest BCUT2D eigenvalue weighted by atomic mass is 16.5. The molecule has 0 unspecified atom stereocenters. The summed E-state index contributed by atoms with van der Waals surface area (Å²) >= 11 is 0. The normalized spacial score (nSPS) is 27.1. The molecule has 2 aliphatic carbocycles. The summed E-state index contributed by atoms with van der Waals surface area (Å²) in [5.41, 5.74) is 2.62. The fourth-order valence-corrected chi connectivity index (χ4v) is 5.02. The topological polar surface area (TPSA) is 47.0 Å². The molecule has 2 fully saturated rings. The molecule has 0 spiro atoms. The lowest BCUT2D eigenvalue weighted by Gasteiger charge is -2.55. The van der Waals surface area contributed by atoms with Crippen LogP contribution in [0.3, 0.4) is 0 Å². The summed E-state index contributed by atoms with van der Waals surface area (Å²) in [5.74, 6) is 4.47. The Morgan fingerprint density at radius 3 is 2.33 bits per heavy atom. The van der Waals surface area contributed by atoms with Crippen LogP contribution in [0.5, 0.6) is 5.75 Å². The third-order valence-corrected chi connectivity index (χ3v) is 6.47. The second-order valence-corrected chi connectivity index (χ2v) is 8.42. The van der Waals surface area contributed by atoms with E-state index in [-0.39, 0.29) is 0 Å². The number of nitrogens with zero attached hydrogens (tertiary/aromatic N) is 2. The Kier molecular flexibility index (Phi) is 5.44. The van der Waals surface area contributed by atoms with Crippen molar-refractivity contribution >= 4 is 0 Å². The molecule has 1 N–H and O–H groups in total. The number of fused-ring (bicyclic) bond motifs is 1. The minimum absolute atomic E-state index is 0.376. The van der Waals surface area contributed by atoms with E-state index in [1.165, 1.54) is 36.8 Å². The third-order valence-electron chi connectivity index (χ3n) is 6.47. The molecule has 4 heteroatoms. The van der Waals surface area contributed by atoms with Crippen molar-refractivity contribution in [2.45, 2.75) is 64.0 Å². The van der Waals surface area contributed by atoms with Crippen LogP contribution in [0.25, 0.3) is 0 Å². The van der Waals surface area contributed by atoms with Gasteiger partial charge in [-0.3, -0.25) is 0 Å². The van der Waals surface area contributed by atoms with Gasteiger partial charge in [-0.15, -0.1) is 0 Å². The van der Waals surface area contributed by atoms with E-state index in [1.54, 1.807) is 7.11 Å². The van der Waals surface area contributed by atoms with E-state index in [0.717, 1.165) is 30.0 Å². The predicted octanol–water partition coefficient (Wildman–Crippen LogP) is 4.67. The highest BCUT2D eigenvalue weighted by Crippen LogP contribution is 2.54. The van der Waals surface area contributed by atoms with Gasteiger partial charge in [0.15, 0.2) is 0 Å². The number of hydrogen-bond donors (Lipinski definition) is 1. The van der Waals surface area contributed by atoms with Gasteiger partial charge in [-0.05, 0) is 42.4 Å². The molecule has 1 aromatic heterocycles. The first-order valence-electron chi connectivity index (χ1n) is 10.4. The highest BCUT2D eigenvalue weighted by molar-refractivity contribution is 5.33. The maximum atomic E-state index is 5.34. The molecule has 0 bridgehead atoms. The summed E-state index contributed by atoms with van der Waals surface area (Å²) < 4.78 is 5.34. The van der Waals surface area contributed by atoms with Crippen molar-refractivity contribution in [1.82, 2.24) is 15.3 Å². The van der Waals surface area contributed by atoms with Gasteiger partial charge < -0.3 is 10.1 Å². The lowest BCUT2D eigenvalue weighted by atomic mass is 9.53. The quantitative estimate of drug-likeness (QED) is 0.808. The van der Waals surface area contributed by atoms with Crippen molar-refractivity contribution in [3.63, 3.8) is 0 Å². The molecule has 4 atom stereocenters. The Hall–Kier alpha value is -1.94. The van der Waals surface area contributed by atoms with Gasteiger partial charge in [-0.1, -0.05) is 38.8 Å². The van der Waals surface area contributed by atoms with Crippen LogP contribution in [-0.4, -0.2) is 23.1 Å². The maximum absolute atomic E-state index is 5.34. The number of aromatic nitrogens is 2. The first-order chi connectivity index (χ1) is 13.2. The molecule has 4 nitrogen and oxygen atoms in total. The third kappa shape index (κ3) is 3.73. The van der Waals surface area contributed by atoms with Crippen molar-refractivity contribution in [3.8, 4) is 5.75 Å². The molecule has 1 heterocycles. The number of hydrogen-bond acceptors (Lipinski definition) is 4. The summed E-state index contributed by atoms with van der Waals surface area (Å²) in [6.07, 6.45) is 9.44. The molecule has 2 aliphatic rings. The Labute approximate surface area is 162 Å². The SMILES string of the molecule is COc1ccc([C@H]2[C@H]3CCCC[C@H]3[C@@H]2NCc2cnc(C(C)C)nc2)cc1. The van der Waals surface area contributed by atoms with Gasteiger partial charge in [-0.25, -0.2) is 9.97 Å². The average Bonchev–Trinajstić information content (AvgIpc) is 2.70. The molecule has 0 amide bonds. The van der Waals surface area contributed by atoms with Gasteiger partial charge in [0.2, 0.25) is 0 Å². The van der Waals surface area contributed by atoms with Crippen LogP contribution < -0.4 is 10.1 Å². The highest BCUT2D eigenvalue weighted by Gasteiger charge is 2.50. The van der Waals surface area contributed by atoms with Crippen LogP contribution in [0, 0.1) is 11.8 Å². The smallest absolute Gasteiger partial charge is 0.130 e. The lowest BCUT2D eigenvalue weighted by Crippen LogP contribution is -2.57. The first-order valence-corrected chi connectivity index (χ1v) is 10.4. The molecule has 1 aromatic carbocycles. The number of benzene rings is 1. The van der Waals surface area contributed by atoms with E-state index < -0.39 is 0 Å². The molecule has 4 rings (SSSR count).